The van der Waals surface area contributed by atoms with Gasteiger partial charge in [0.25, 0.3) is 5.91 Å². The predicted molar refractivity (Wildman–Crippen MR) is 135 cm³/mol. The highest BCUT2D eigenvalue weighted by atomic mass is 35.5. The number of fused-ring (bicyclic) bond motifs is 2. The van der Waals surface area contributed by atoms with Crippen molar-refractivity contribution < 1.29 is 24.2 Å². The quantitative estimate of drug-likeness (QED) is 0.489. The Balaban J connectivity index is 1.71. The number of anilines is 1. The number of carbonyl (C=O) groups is 3. The van der Waals surface area contributed by atoms with Gasteiger partial charge in [-0.15, -0.1) is 11.8 Å². The molecule has 1 unspecified atom stereocenters. The maximum Gasteiger partial charge on any atom is 0.311 e. The number of hydrogen-bond acceptors (Lipinski definition) is 6. The van der Waals surface area contributed by atoms with Gasteiger partial charge in [-0.25, -0.2) is 0 Å². The lowest BCUT2D eigenvalue weighted by molar-refractivity contribution is -0.153. The van der Waals surface area contributed by atoms with Gasteiger partial charge in [0.2, 0.25) is 5.91 Å². The van der Waals surface area contributed by atoms with Crippen molar-refractivity contribution in [2.24, 2.45) is 11.8 Å². The summed E-state index contributed by atoms with van der Waals surface area (Å²) in [6.45, 7) is 5.88. The standard InChI is InChI=1S/C26H29ClN2O5S/c1-4-16(14-30)29-21-23(32)28(20-15(2)8-5-9-17(20)27)12-6-11-26(21)18(22(29)31)19-24(33)34-13-7-10-25(19,3)35-26/h5-11,16,18-19,21,30H,4,12-14H2,1-3H3/t16-,18-,19-,21?,25+,26-/m0/s1. The molecule has 5 rings (SSSR count). The van der Waals surface area contributed by atoms with Crippen molar-refractivity contribution in [1.82, 2.24) is 4.90 Å². The molecule has 0 aliphatic carbocycles. The molecule has 7 nitrogen and oxygen atoms in total. The van der Waals surface area contributed by atoms with Crippen LogP contribution in [0.5, 0.6) is 0 Å². The van der Waals surface area contributed by atoms with Gasteiger partial charge in [-0.1, -0.05) is 48.9 Å². The van der Waals surface area contributed by atoms with Crippen LogP contribution in [0.3, 0.4) is 0 Å². The third-order valence-corrected chi connectivity index (χ3v) is 9.89. The molecule has 1 spiro atoms. The number of aliphatic hydroxyl groups is 1. The van der Waals surface area contributed by atoms with Crippen LogP contribution in [-0.4, -0.2) is 69.1 Å². The Morgan fingerprint density at radius 2 is 1.97 bits per heavy atom. The van der Waals surface area contributed by atoms with Crippen molar-refractivity contribution in [3.8, 4) is 0 Å². The predicted octanol–water partition coefficient (Wildman–Crippen LogP) is 3.12. The molecular weight excluding hydrogens is 488 g/mol. The van der Waals surface area contributed by atoms with Crippen LogP contribution in [0, 0.1) is 18.8 Å². The van der Waals surface area contributed by atoms with Gasteiger partial charge in [-0.05, 0) is 38.0 Å². The number of para-hydroxylation sites is 1. The smallest absolute Gasteiger partial charge is 0.311 e. The Kier molecular flexibility index (Phi) is 6.05. The number of aliphatic hydroxyl groups excluding tert-OH is 1. The van der Waals surface area contributed by atoms with Gasteiger partial charge in [0.15, 0.2) is 0 Å². The normalized spacial score (nSPS) is 34.8. The van der Waals surface area contributed by atoms with E-state index in [0.717, 1.165) is 5.56 Å². The fourth-order valence-corrected chi connectivity index (χ4v) is 8.73. The van der Waals surface area contributed by atoms with Crippen LogP contribution in [0.25, 0.3) is 0 Å². The van der Waals surface area contributed by atoms with Crippen LogP contribution in [-0.2, 0) is 19.1 Å². The van der Waals surface area contributed by atoms with Gasteiger partial charge in [0, 0.05) is 11.3 Å². The van der Waals surface area contributed by atoms with Crippen LogP contribution in [0.1, 0.15) is 25.8 Å². The summed E-state index contributed by atoms with van der Waals surface area (Å²) in [7, 11) is 0. The summed E-state index contributed by atoms with van der Waals surface area (Å²) in [5.41, 5.74) is 1.45. The van der Waals surface area contributed by atoms with E-state index in [1.807, 2.05) is 57.2 Å². The first-order valence-electron chi connectivity index (χ1n) is 11.9. The van der Waals surface area contributed by atoms with E-state index in [9.17, 15) is 19.5 Å². The number of benzene rings is 1. The van der Waals surface area contributed by atoms with Crippen LogP contribution in [0.4, 0.5) is 5.69 Å². The number of cyclic esters (lactones) is 1. The van der Waals surface area contributed by atoms with E-state index in [1.54, 1.807) is 11.0 Å². The molecule has 186 valence electrons. The molecule has 4 aliphatic rings. The first kappa shape index (κ1) is 24.4. The average molecular weight is 517 g/mol. The fraction of sp³-hybridized carbons (Fsp3) is 0.500. The molecule has 1 aromatic carbocycles. The zero-order valence-electron chi connectivity index (χ0n) is 19.9. The average Bonchev–Trinajstić information content (AvgIpc) is 3.07. The second-order valence-electron chi connectivity index (χ2n) is 9.78. The number of hydrogen-bond donors (Lipinski definition) is 1. The Morgan fingerprint density at radius 3 is 2.66 bits per heavy atom. The van der Waals surface area contributed by atoms with Crippen molar-refractivity contribution in [3.63, 3.8) is 0 Å². The third kappa shape index (κ3) is 3.40. The summed E-state index contributed by atoms with van der Waals surface area (Å²) in [6, 6.07) is 4.02. The number of likely N-dealkylation sites (tertiary alicyclic amines) is 1. The lowest BCUT2D eigenvalue weighted by atomic mass is 9.75. The molecule has 2 saturated heterocycles. The molecule has 6 atom stereocenters. The monoisotopic (exact) mass is 516 g/mol. The number of ether oxygens (including phenoxy) is 1. The number of carbonyl (C=O) groups excluding carboxylic acids is 3. The lowest BCUT2D eigenvalue weighted by Gasteiger charge is -2.39. The van der Waals surface area contributed by atoms with Gasteiger partial charge in [-0.2, -0.15) is 0 Å². The van der Waals surface area contributed by atoms with Crippen LogP contribution in [0.15, 0.2) is 42.5 Å². The number of halogens is 1. The summed E-state index contributed by atoms with van der Waals surface area (Å²) in [5.74, 6) is -2.51. The van der Waals surface area contributed by atoms with Gasteiger partial charge < -0.3 is 19.6 Å². The highest BCUT2D eigenvalue weighted by Gasteiger charge is 2.74. The minimum atomic E-state index is -0.985. The number of aryl methyl sites for hydroxylation is 1. The maximum absolute atomic E-state index is 14.4. The van der Waals surface area contributed by atoms with Crippen molar-refractivity contribution >= 4 is 46.8 Å². The highest BCUT2D eigenvalue weighted by molar-refractivity contribution is 8.02. The molecule has 35 heavy (non-hydrogen) atoms. The number of esters is 1. The molecule has 0 saturated carbocycles. The zero-order chi connectivity index (χ0) is 25.1. The van der Waals surface area contributed by atoms with E-state index in [0.29, 0.717) is 17.1 Å². The minimum absolute atomic E-state index is 0.162. The van der Waals surface area contributed by atoms with Gasteiger partial charge in [0.1, 0.15) is 12.6 Å². The van der Waals surface area contributed by atoms with Gasteiger partial charge >= 0.3 is 5.97 Å². The molecule has 2 amide bonds. The minimum Gasteiger partial charge on any atom is -0.461 e. The summed E-state index contributed by atoms with van der Waals surface area (Å²) in [4.78, 5) is 44.9. The van der Waals surface area contributed by atoms with Crippen LogP contribution >= 0.6 is 23.4 Å². The Bertz CT molecular complexity index is 1130. The molecule has 2 fully saturated rings. The summed E-state index contributed by atoms with van der Waals surface area (Å²) >= 11 is 8.05. The number of rotatable bonds is 4. The number of thioether (sulfide) groups is 1. The van der Waals surface area contributed by atoms with Crippen molar-refractivity contribution in [2.45, 2.75) is 48.8 Å². The van der Waals surface area contributed by atoms with Gasteiger partial charge in [0.05, 0.1) is 39.9 Å². The zero-order valence-corrected chi connectivity index (χ0v) is 21.5. The second-order valence-corrected chi connectivity index (χ2v) is 12.0. The fourth-order valence-electron chi connectivity index (χ4n) is 6.27. The van der Waals surface area contributed by atoms with Gasteiger partial charge in [-0.3, -0.25) is 14.4 Å². The topological polar surface area (TPSA) is 87.2 Å². The molecule has 4 aliphatic heterocycles. The maximum atomic E-state index is 14.4. The number of nitrogens with zero attached hydrogens (tertiary/aromatic N) is 2. The molecule has 0 aromatic heterocycles. The van der Waals surface area contributed by atoms with E-state index in [1.165, 1.54) is 16.7 Å². The Hall–Kier alpha value is -2.29. The van der Waals surface area contributed by atoms with E-state index >= 15 is 0 Å². The first-order valence-corrected chi connectivity index (χ1v) is 13.1. The Labute approximate surface area is 214 Å². The Morgan fingerprint density at radius 1 is 1.20 bits per heavy atom. The van der Waals surface area contributed by atoms with Crippen LogP contribution < -0.4 is 4.90 Å². The summed E-state index contributed by atoms with van der Waals surface area (Å²) < 4.78 is 3.75. The molecule has 0 bridgehead atoms. The van der Waals surface area contributed by atoms with Crippen molar-refractivity contribution in [3.05, 3.63) is 53.1 Å². The van der Waals surface area contributed by atoms with E-state index < -0.39 is 39.4 Å². The largest absolute Gasteiger partial charge is 0.461 e. The van der Waals surface area contributed by atoms with Crippen molar-refractivity contribution in [1.29, 1.82) is 0 Å². The summed E-state index contributed by atoms with van der Waals surface area (Å²) in [5, 5.41) is 10.6. The second kappa shape index (κ2) is 8.68. The molecule has 1 aromatic rings. The SMILES string of the molecule is CC[C@@H](CO)N1C(=O)[C@@H]2[C@H]3C(=O)OCC=C[C@@]3(C)S[C@@]23C=CCN(c2c(C)cccc2Cl)C(=O)C13. The van der Waals surface area contributed by atoms with Crippen molar-refractivity contribution in [2.75, 3.05) is 24.7 Å². The summed E-state index contributed by atoms with van der Waals surface area (Å²) in [6.07, 6.45) is 8.07. The number of amides is 2. The molecular formula is C26H29ClN2O5S. The van der Waals surface area contributed by atoms with E-state index in [4.69, 9.17) is 16.3 Å². The molecule has 9 heteroatoms. The van der Waals surface area contributed by atoms with E-state index in [-0.39, 0.29) is 31.6 Å². The highest BCUT2D eigenvalue weighted by Crippen LogP contribution is 2.65. The lowest BCUT2D eigenvalue weighted by Crippen LogP contribution is -2.57. The van der Waals surface area contributed by atoms with Crippen LogP contribution in [0.2, 0.25) is 5.02 Å². The molecule has 1 N–H and O–H groups in total. The molecule has 4 heterocycles. The molecule has 0 radical (unpaired) electrons. The third-order valence-electron chi connectivity index (χ3n) is 7.78. The first-order chi connectivity index (χ1) is 16.7. The van der Waals surface area contributed by atoms with E-state index in [2.05, 4.69) is 0 Å².